The molecule has 0 spiro atoms. The van der Waals surface area contributed by atoms with Gasteiger partial charge in [0.15, 0.2) is 5.75 Å². The molecule has 0 bridgehead atoms. The molecule has 0 aliphatic heterocycles. The van der Waals surface area contributed by atoms with Gasteiger partial charge in [-0.3, -0.25) is 10.4 Å². The lowest BCUT2D eigenvalue weighted by atomic mass is 10.2. The van der Waals surface area contributed by atoms with Crippen molar-refractivity contribution >= 4 is 17.4 Å². The van der Waals surface area contributed by atoms with E-state index in [2.05, 4.69) is 4.98 Å². The van der Waals surface area contributed by atoms with Gasteiger partial charge in [0, 0.05) is 11.2 Å². The van der Waals surface area contributed by atoms with Crippen molar-refractivity contribution in [2.45, 2.75) is 0 Å². The summed E-state index contributed by atoms with van der Waals surface area (Å²) in [7, 11) is 0. The van der Waals surface area contributed by atoms with Crippen LogP contribution < -0.4 is 10.5 Å². The molecule has 1 aromatic heterocycles. The molecule has 17 heavy (non-hydrogen) atoms. The Labute approximate surface area is 104 Å². The summed E-state index contributed by atoms with van der Waals surface area (Å²) in [6.07, 6.45) is 3.07. The van der Waals surface area contributed by atoms with Gasteiger partial charge >= 0.3 is 0 Å². The van der Waals surface area contributed by atoms with Crippen molar-refractivity contribution in [2.24, 2.45) is 5.73 Å². The molecule has 1 aromatic carbocycles. The van der Waals surface area contributed by atoms with E-state index in [0.717, 1.165) is 0 Å². The predicted octanol–water partition coefficient (Wildman–Crippen LogP) is 2.81. The first kappa shape index (κ1) is 11.4. The van der Waals surface area contributed by atoms with Gasteiger partial charge in [-0.1, -0.05) is 17.7 Å². The molecule has 0 amide bonds. The number of amidine groups is 1. The van der Waals surface area contributed by atoms with Crippen LogP contribution in [0.5, 0.6) is 11.5 Å². The Morgan fingerprint density at radius 1 is 1.35 bits per heavy atom. The number of nitrogens with one attached hydrogen (secondary N) is 1. The molecule has 86 valence electrons. The van der Waals surface area contributed by atoms with Crippen LogP contribution in [0, 0.1) is 5.41 Å². The number of nitrogens with two attached hydrogens (primary N) is 1. The van der Waals surface area contributed by atoms with E-state index in [9.17, 15) is 0 Å². The highest BCUT2D eigenvalue weighted by Gasteiger charge is 2.07. The van der Waals surface area contributed by atoms with E-state index in [0.29, 0.717) is 22.1 Å². The molecule has 2 aromatic rings. The SMILES string of the molecule is N=C(N)c1ccncc1Oc1cccc(Cl)c1. The van der Waals surface area contributed by atoms with Crippen LogP contribution in [-0.4, -0.2) is 10.8 Å². The first-order chi connectivity index (χ1) is 8.16. The third kappa shape index (κ3) is 2.73. The minimum atomic E-state index is -0.0653. The van der Waals surface area contributed by atoms with E-state index in [1.807, 2.05) is 0 Å². The lowest BCUT2D eigenvalue weighted by molar-refractivity contribution is 0.479. The molecule has 1 heterocycles. The van der Waals surface area contributed by atoms with E-state index >= 15 is 0 Å². The number of hydrogen-bond acceptors (Lipinski definition) is 3. The van der Waals surface area contributed by atoms with E-state index in [-0.39, 0.29) is 5.84 Å². The smallest absolute Gasteiger partial charge is 0.156 e. The van der Waals surface area contributed by atoms with Crippen molar-refractivity contribution in [1.29, 1.82) is 5.41 Å². The highest BCUT2D eigenvalue weighted by molar-refractivity contribution is 6.30. The molecule has 0 fully saturated rings. The van der Waals surface area contributed by atoms with Gasteiger partial charge in [-0.15, -0.1) is 0 Å². The van der Waals surface area contributed by atoms with Crippen LogP contribution in [0.1, 0.15) is 5.56 Å². The van der Waals surface area contributed by atoms with Gasteiger partial charge in [0.05, 0.1) is 11.8 Å². The number of hydrogen-bond donors (Lipinski definition) is 2. The Balaban J connectivity index is 2.33. The molecule has 0 aliphatic carbocycles. The molecular formula is C12H10ClN3O. The highest BCUT2D eigenvalue weighted by atomic mass is 35.5. The largest absolute Gasteiger partial charge is 0.455 e. The zero-order chi connectivity index (χ0) is 12.3. The average molecular weight is 248 g/mol. The van der Waals surface area contributed by atoms with Gasteiger partial charge in [-0.25, -0.2) is 0 Å². The van der Waals surface area contributed by atoms with Crippen molar-refractivity contribution in [2.75, 3.05) is 0 Å². The van der Waals surface area contributed by atoms with Gasteiger partial charge in [-0.05, 0) is 24.3 Å². The number of halogens is 1. The van der Waals surface area contributed by atoms with Crippen LogP contribution in [0.25, 0.3) is 0 Å². The van der Waals surface area contributed by atoms with Gasteiger partial charge < -0.3 is 10.5 Å². The fourth-order valence-electron chi connectivity index (χ4n) is 1.34. The van der Waals surface area contributed by atoms with Crippen LogP contribution in [0.4, 0.5) is 0 Å². The summed E-state index contributed by atoms with van der Waals surface area (Å²) in [5.41, 5.74) is 5.95. The van der Waals surface area contributed by atoms with Crippen LogP contribution >= 0.6 is 11.6 Å². The van der Waals surface area contributed by atoms with E-state index in [1.54, 1.807) is 36.5 Å². The minimum Gasteiger partial charge on any atom is -0.455 e. The zero-order valence-corrected chi connectivity index (χ0v) is 9.61. The number of aromatic nitrogens is 1. The molecule has 5 heteroatoms. The van der Waals surface area contributed by atoms with E-state index in [1.165, 1.54) is 6.20 Å². The van der Waals surface area contributed by atoms with Crippen molar-refractivity contribution in [3.05, 3.63) is 53.3 Å². The number of nitrogens with zero attached hydrogens (tertiary/aromatic N) is 1. The second-order valence-corrected chi connectivity index (χ2v) is 3.78. The Hall–Kier alpha value is -2.07. The second-order valence-electron chi connectivity index (χ2n) is 3.34. The summed E-state index contributed by atoms with van der Waals surface area (Å²) in [6, 6.07) is 8.61. The molecule has 0 saturated heterocycles. The van der Waals surface area contributed by atoms with Crippen molar-refractivity contribution < 1.29 is 4.74 Å². The van der Waals surface area contributed by atoms with Crippen molar-refractivity contribution in [1.82, 2.24) is 4.98 Å². The normalized spacial score (nSPS) is 9.94. The maximum absolute atomic E-state index is 7.43. The van der Waals surface area contributed by atoms with Crippen molar-refractivity contribution in [3.63, 3.8) is 0 Å². The number of pyridine rings is 1. The predicted molar refractivity (Wildman–Crippen MR) is 66.8 cm³/mol. The second kappa shape index (κ2) is 4.84. The Kier molecular flexibility index (Phi) is 3.25. The number of benzene rings is 1. The summed E-state index contributed by atoms with van der Waals surface area (Å²) >= 11 is 5.85. The quantitative estimate of drug-likeness (QED) is 0.647. The third-order valence-electron chi connectivity index (χ3n) is 2.10. The monoisotopic (exact) mass is 247 g/mol. The lowest BCUT2D eigenvalue weighted by Gasteiger charge is -2.09. The van der Waals surface area contributed by atoms with Gasteiger partial charge in [0.1, 0.15) is 11.6 Å². The van der Waals surface area contributed by atoms with Gasteiger partial charge in [-0.2, -0.15) is 0 Å². The Morgan fingerprint density at radius 2 is 2.18 bits per heavy atom. The van der Waals surface area contributed by atoms with Crippen molar-refractivity contribution in [3.8, 4) is 11.5 Å². The van der Waals surface area contributed by atoms with E-state index in [4.69, 9.17) is 27.5 Å². The lowest BCUT2D eigenvalue weighted by Crippen LogP contribution is -2.12. The van der Waals surface area contributed by atoms with Crippen LogP contribution in [0.2, 0.25) is 5.02 Å². The molecule has 0 radical (unpaired) electrons. The molecule has 3 N–H and O–H groups in total. The molecule has 0 aliphatic rings. The fraction of sp³-hybridized carbons (Fsp3) is 0. The van der Waals surface area contributed by atoms with Crippen LogP contribution in [0.15, 0.2) is 42.7 Å². The number of nitrogen functional groups attached to an aromatic ring is 1. The zero-order valence-electron chi connectivity index (χ0n) is 8.85. The average Bonchev–Trinajstić information content (AvgIpc) is 2.29. The van der Waals surface area contributed by atoms with E-state index < -0.39 is 0 Å². The molecule has 0 atom stereocenters. The first-order valence-electron chi connectivity index (χ1n) is 4.88. The molecule has 4 nitrogen and oxygen atoms in total. The summed E-state index contributed by atoms with van der Waals surface area (Å²) in [5.74, 6) is 0.944. The maximum Gasteiger partial charge on any atom is 0.156 e. The Bertz CT molecular complexity index is 557. The van der Waals surface area contributed by atoms with Crippen LogP contribution in [0.3, 0.4) is 0 Å². The maximum atomic E-state index is 7.43. The Morgan fingerprint density at radius 3 is 2.88 bits per heavy atom. The third-order valence-corrected chi connectivity index (χ3v) is 2.33. The highest BCUT2D eigenvalue weighted by Crippen LogP contribution is 2.25. The summed E-state index contributed by atoms with van der Waals surface area (Å²) < 4.78 is 5.58. The number of rotatable bonds is 3. The molecular weight excluding hydrogens is 238 g/mol. The molecule has 2 rings (SSSR count). The summed E-state index contributed by atoms with van der Waals surface area (Å²) in [5, 5.41) is 8.01. The topological polar surface area (TPSA) is 72.0 Å². The molecule has 0 saturated carbocycles. The van der Waals surface area contributed by atoms with Gasteiger partial charge in [0.25, 0.3) is 0 Å². The first-order valence-corrected chi connectivity index (χ1v) is 5.26. The number of ether oxygens (including phenoxy) is 1. The summed E-state index contributed by atoms with van der Waals surface area (Å²) in [4.78, 5) is 3.94. The summed E-state index contributed by atoms with van der Waals surface area (Å²) in [6.45, 7) is 0. The fourth-order valence-corrected chi connectivity index (χ4v) is 1.52. The standard InChI is InChI=1S/C12H10ClN3O/c13-8-2-1-3-9(6-8)17-11-7-16-5-4-10(11)12(14)15/h1-7H,(H3,14,15). The van der Waals surface area contributed by atoms with Crippen LogP contribution in [-0.2, 0) is 0 Å². The minimum absolute atomic E-state index is 0.0653. The molecule has 0 unspecified atom stereocenters. The van der Waals surface area contributed by atoms with Gasteiger partial charge in [0.2, 0.25) is 0 Å².